The second-order valence-corrected chi connectivity index (χ2v) is 8.85. The number of β-lactam (4-membered cyclic amide) rings is 1. The van der Waals surface area contributed by atoms with E-state index in [0.29, 0.717) is 12.1 Å². The highest BCUT2D eigenvalue weighted by molar-refractivity contribution is 8.01. The molecule has 2 aliphatic heterocycles. The number of ether oxygens (including phenoxy) is 1. The molecule has 2 atom stereocenters. The van der Waals surface area contributed by atoms with Crippen LogP contribution in [0.3, 0.4) is 0 Å². The van der Waals surface area contributed by atoms with E-state index in [1.807, 2.05) is 98.0 Å². The fourth-order valence-electron chi connectivity index (χ4n) is 3.52. The van der Waals surface area contributed by atoms with Gasteiger partial charge in [-0.15, -0.1) is 11.8 Å². The number of esters is 1. The molecule has 5 nitrogen and oxygen atoms in total. The van der Waals surface area contributed by atoms with E-state index in [9.17, 15) is 9.59 Å². The minimum atomic E-state index is -0.541. The van der Waals surface area contributed by atoms with Crippen LogP contribution in [-0.2, 0) is 14.3 Å². The molecule has 4 rings (SSSR count). The van der Waals surface area contributed by atoms with Gasteiger partial charge in [-0.3, -0.25) is 9.69 Å². The molecule has 0 spiro atoms. The van der Waals surface area contributed by atoms with Gasteiger partial charge in [0.15, 0.2) is 6.10 Å². The summed E-state index contributed by atoms with van der Waals surface area (Å²) in [4.78, 5) is 29.0. The lowest BCUT2D eigenvalue weighted by Crippen LogP contribution is -2.54. The van der Waals surface area contributed by atoms with Crippen LogP contribution >= 0.6 is 11.8 Å². The quantitative estimate of drug-likeness (QED) is 0.523. The molecule has 154 valence electrons. The topological polar surface area (TPSA) is 49.9 Å². The maximum Gasteiger partial charge on any atom is 0.355 e. The summed E-state index contributed by atoms with van der Waals surface area (Å²) in [5.41, 5.74) is 2.11. The van der Waals surface area contributed by atoms with Crippen molar-refractivity contribution in [2.45, 2.75) is 23.1 Å². The maximum absolute atomic E-state index is 13.2. The fourth-order valence-corrected chi connectivity index (χ4v) is 4.84. The molecule has 0 radical (unpaired) electrons. The van der Waals surface area contributed by atoms with E-state index in [-0.39, 0.29) is 16.5 Å². The van der Waals surface area contributed by atoms with Crippen LogP contribution in [0.1, 0.15) is 23.7 Å². The van der Waals surface area contributed by atoms with Gasteiger partial charge in [-0.1, -0.05) is 66.7 Å². The minimum Gasteiger partial charge on any atom is -0.448 e. The maximum atomic E-state index is 13.2. The average molecular weight is 421 g/mol. The molecule has 0 bridgehead atoms. The number of thioether (sulfide) groups is 1. The van der Waals surface area contributed by atoms with Gasteiger partial charge in [0.05, 0.1) is 11.8 Å². The lowest BCUT2D eigenvalue weighted by atomic mass is 10.0. The predicted octanol–water partition coefficient (Wildman–Crippen LogP) is 3.95. The molecule has 2 aliphatic rings. The van der Waals surface area contributed by atoms with Crippen LogP contribution in [0.4, 0.5) is 0 Å². The van der Waals surface area contributed by atoms with Gasteiger partial charge in [-0.25, -0.2) is 4.79 Å². The Labute approximate surface area is 181 Å². The molecular formula is C24H24N2O3S. The molecule has 1 unspecified atom stereocenters. The van der Waals surface area contributed by atoms with Crippen molar-refractivity contribution < 1.29 is 14.3 Å². The third-order valence-corrected chi connectivity index (χ3v) is 6.31. The molecule has 30 heavy (non-hydrogen) atoms. The zero-order valence-corrected chi connectivity index (χ0v) is 17.8. The third-order valence-electron chi connectivity index (χ3n) is 5.01. The molecule has 0 N–H and O–H groups in total. The third kappa shape index (κ3) is 4.28. The number of fused-ring (bicyclic) bond motifs is 1. The predicted molar refractivity (Wildman–Crippen MR) is 118 cm³/mol. The van der Waals surface area contributed by atoms with Crippen LogP contribution in [0.5, 0.6) is 0 Å². The first-order chi connectivity index (χ1) is 14.5. The van der Waals surface area contributed by atoms with E-state index in [1.54, 1.807) is 16.7 Å². The molecule has 0 saturated carbocycles. The Bertz CT molecular complexity index is 933. The summed E-state index contributed by atoms with van der Waals surface area (Å²) >= 11 is 1.67. The van der Waals surface area contributed by atoms with E-state index < -0.39 is 12.1 Å². The Morgan fingerprint density at radius 3 is 2.23 bits per heavy atom. The summed E-state index contributed by atoms with van der Waals surface area (Å²) < 4.78 is 5.99. The molecule has 2 aromatic carbocycles. The van der Waals surface area contributed by atoms with Crippen molar-refractivity contribution in [2.75, 3.05) is 14.1 Å². The van der Waals surface area contributed by atoms with Crippen molar-refractivity contribution in [1.29, 1.82) is 0 Å². The standard InChI is InChI=1S/C24H24N2O3S/c1-25(2)14-13-19-15-20(26-21(27)16-22(26)30-19)24(28)29-23(17-9-5-3-6-10-17)18-11-7-4-8-12-18/h3-15,19,22-23H,16H2,1-2H3/t19?,22-/m1/s1. The van der Waals surface area contributed by atoms with Gasteiger partial charge < -0.3 is 9.64 Å². The van der Waals surface area contributed by atoms with Crippen LogP contribution in [0.15, 0.2) is 84.7 Å². The van der Waals surface area contributed by atoms with Gasteiger partial charge in [-0.2, -0.15) is 0 Å². The van der Waals surface area contributed by atoms with Crippen molar-refractivity contribution in [3.63, 3.8) is 0 Å². The van der Waals surface area contributed by atoms with Gasteiger partial charge in [0.25, 0.3) is 0 Å². The smallest absolute Gasteiger partial charge is 0.355 e. The van der Waals surface area contributed by atoms with Crippen molar-refractivity contribution in [3.8, 4) is 0 Å². The summed E-state index contributed by atoms with van der Waals surface area (Å²) in [5.74, 6) is -0.518. The number of amides is 1. The molecule has 1 saturated heterocycles. The Morgan fingerprint density at radius 2 is 1.70 bits per heavy atom. The second kappa shape index (κ2) is 8.79. The van der Waals surface area contributed by atoms with Gasteiger partial charge in [-0.05, 0) is 23.4 Å². The molecular weight excluding hydrogens is 396 g/mol. The lowest BCUT2D eigenvalue weighted by molar-refractivity contribution is -0.151. The second-order valence-electron chi connectivity index (χ2n) is 7.49. The van der Waals surface area contributed by atoms with Gasteiger partial charge in [0.2, 0.25) is 5.91 Å². The Morgan fingerprint density at radius 1 is 1.10 bits per heavy atom. The lowest BCUT2D eigenvalue weighted by Gasteiger charge is -2.44. The summed E-state index contributed by atoms with van der Waals surface area (Å²) in [6.07, 6.45) is 5.73. The highest BCUT2D eigenvalue weighted by Crippen LogP contribution is 2.42. The molecule has 0 aliphatic carbocycles. The number of benzene rings is 2. The zero-order valence-electron chi connectivity index (χ0n) is 17.0. The summed E-state index contributed by atoms with van der Waals surface area (Å²) in [5, 5.41) is -0.00929. The van der Waals surface area contributed by atoms with E-state index in [0.717, 1.165) is 11.1 Å². The van der Waals surface area contributed by atoms with Gasteiger partial charge in [0.1, 0.15) is 5.70 Å². The Kier molecular flexibility index (Phi) is 5.95. The first-order valence-electron chi connectivity index (χ1n) is 9.88. The summed E-state index contributed by atoms with van der Waals surface area (Å²) in [6.45, 7) is 0. The van der Waals surface area contributed by atoms with Crippen molar-refractivity contribution in [1.82, 2.24) is 9.80 Å². The molecule has 0 aromatic heterocycles. The largest absolute Gasteiger partial charge is 0.448 e. The molecule has 2 heterocycles. The van der Waals surface area contributed by atoms with Crippen LogP contribution in [0, 0.1) is 0 Å². The Hall–Kier alpha value is -2.99. The number of carbonyl (C=O) groups excluding carboxylic acids is 2. The highest BCUT2D eigenvalue weighted by atomic mass is 32.2. The number of hydrogen-bond acceptors (Lipinski definition) is 5. The SMILES string of the molecule is CN(C)C=CC1C=C(C(=O)OC(c2ccccc2)c2ccccc2)N2C(=O)C[C@H]2S1. The monoisotopic (exact) mass is 420 g/mol. The van der Waals surface area contributed by atoms with Gasteiger partial charge in [0, 0.05) is 19.3 Å². The molecule has 1 amide bonds. The van der Waals surface area contributed by atoms with E-state index >= 15 is 0 Å². The minimum absolute atomic E-state index is 0.0104. The fraction of sp³-hybridized carbons (Fsp3) is 0.250. The Balaban J connectivity index is 1.63. The number of nitrogens with zero attached hydrogens (tertiary/aromatic N) is 2. The highest BCUT2D eigenvalue weighted by Gasteiger charge is 2.45. The molecule has 6 heteroatoms. The van der Waals surface area contributed by atoms with Crippen LogP contribution in [-0.4, -0.2) is 46.4 Å². The van der Waals surface area contributed by atoms with Crippen molar-refractivity contribution >= 4 is 23.6 Å². The zero-order chi connectivity index (χ0) is 21.1. The summed E-state index contributed by atoms with van der Waals surface area (Å²) in [6, 6.07) is 19.3. The van der Waals surface area contributed by atoms with Gasteiger partial charge >= 0.3 is 5.97 Å². The summed E-state index contributed by atoms with van der Waals surface area (Å²) in [7, 11) is 3.90. The first-order valence-corrected chi connectivity index (χ1v) is 10.8. The number of carbonyl (C=O) groups is 2. The van der Waals surface area contributed by atoms with E-state index in [4.69, 9.17) is 4.74 Å². The van der Waals surface area contributed by atoms with Crippen LogP contribution in [0.25, 0.3) is 0 Å². The van der Waals surface area contributed by atoms with E-state index in [1.165, 1.54) is 0 Å². The van der Waals surface area contributed by atoms with Crippen molar-refractivity contribution in [3.05, 3.63) is 95.8 Å². The number of rotatable bonds is 6. The van der Waals surface area contributed by atoms with Crippen molar-refractivity contribution in [2.24, 2.45) is 0 Å². The van der Waals surface area contributed by atoms with E-state index in [2.05, 4.69) is 0 Å². The normalized spacial score (nSPS) is 20.6. The first kappa shape index (κ1) is 20.3. The average Bonchev–Trinajstić information content (AvgIpc) is 2.75. The van der Waals surface area contributed by atoms with Crippen LogP contribution in [0.2, 0.25) is 0 Å². The van der Waals surface area contributed by atoms with Crippen LogP contribution < -0.4 is 0 Å². The number of hydrogen-bond donors (Lipinski definition) is 0. The molecule has 2 aromatic rings. The molecule has 1 fully saturated rings.